The van der Waals surface area contributed by atoms with Crippen molar-refractivity contribution in [1.82, 2.24) is 9.55 Å². The van der Waals surface area contributed by atoms with Gasteiger partial charge in [-0.2, -0.15) is 5.26 Å². The number of rotatable bonds is 7. The van der Waals surface area contributed by atoms with E-state index in [0.29, 0.717) is 18.1 Å². The van der Waals surface area contributed by atoms with Gasteiger partial charge in [-0.05, 0) is 43.7 Å². The van der Waals surface area contributed by atoms with Crippen LogP contribution in [0.4, 0.5) is 0 Å². The summed E-state index contributed by atoms with van der Waals surface area (Å²) < 4.78 is 7.56. The van der Waals surface area contributed by atoms with E-state index in [-0.39, 0.29) is 16.9 Å². The SMILES string of the molecule is CCc1c(C)sc2nc(S[C@H](C#N)Cc3ccccc3)n(C[C@H]3CCCO3)c(=O)c12. The van der Waals surface area contributed by atoms with Crippen LogP contribution in [0.5, 0.6) is 0 Å². The minimum atomic E-state index is -0.320. The topological polar surface area (TPSA) is 67.9 Å². The molecule has 0 amide bonds. The zero-order valence-electron chi connectivity index (χ0n) is 17.3. The number of benzene rings is 1. The smallest absolute Gasteiger partial charge is 0.263 e. The second-order valence-electron chi connectivity index (χ2n) is 7.54. The van der Waals surface area contributed by atoms with Crippen molar-refractivity contribution in [3.05, 3.63) is 56.7 Å². The molecule has 0 aliphatic carbocycles. The molecule has 30 heavy (non-hydrogen) atoms. The Morgan fingerprint density at radius 3 is 2.87 bits per heavy atom. The average molecular weight is 440 g/mol. The van der Waals surface area contributed by atoms with E-state index in [1.807, 2.05) is 30.3 Å². The van der Waals surface area contributed by atoms with E-state index in [2.05, 4.69) is 19.9 Å². The first-order chi connectivity index (χ1) is 14.6. The molecule has 3 aromatic rings. The van der Waals surface area contributed by atoms with E-state index >= 15 is 0 Å². The van der Waals surface area contributed by atoms with Gasteiger partial charge >= 0.3 is 0 Å². The molecule has 4 rings (SSSR count). The predicted molar refractivity (Wildman–Crippen MR) is 122 cm³/mol. The summed E-state index contributed by atoms with van der Waals surface area (Å²) in [6, 6.07) is 12.4. The van der Waals surface area contributed by atoms with Crippen LogP contribution in [0.3, 0.4) is 0 Å². The normalized spacial score (nSPS) is 17.3. The molecule has 1 saturated heterocycles. The van der Waals surface area contributed by atoms with Gasteiger partial charge in [0.25, 0.3) is 5.56 Å². The Hall–Kier alpha value is -2.14. The molecule has 156 valence electrons. The summed E-state index contributed by atoms with van der Waals surface area (Å²) in [4.78, 5) is 20.3. The Balaban J connectivity index is 1.74. The van der Waals surface area contributed by atoms with E-state index in [9.17, 15) is 10.1 Å². The Morgan fingerprint density at radius 1 is 1.40 bits per heavy atom. The first-order valence-electron chi connectivity index (χ1n) is 10.3. The lowest BCUT2D eigenvalue weighted by atomic mass is 10.1. The van der Waals surface area contributed by atoms with Crippen molar-refractivity contribution in [2.75, 3.05) is 6.61 Å². The summed E-state index contributed by atoms with van der Waals surface area (Å²) in [5.41, 5.74) is 2.19. The van der Waals surface area contributed by atoms with Gasteiger partial charge in [0.15, 0.2) is 5.16 Å². The summed E-state index contributed by atoms with van der Waals surface area (Å²) in [5, 5.41) is 10.8. The molecule has 2 atom stereocenters. The van der Waals surface area contributed by atoms with Gasteiger partial charge in [0.2, 0.25) is 0 Å². The number of hydrogen-bond donors (Lipinski definition) is 0. The molecular formula is C23H25N3O2S2. The maximum Gasteiger partial charge on any atom is 0.263 e. The van der Waals surface area contributed by atoms with E-state index < -0.39 is 0 Å². The Bertz CT molecular complexity index is 1130. The monoisotopic (exact) mass is 439 g/mol. The summed E-state index contributed by atoms with van der Waals surface area (Å²) in [6.07, 6.45) is 3.41. The number of hydrogen-bond acceptors (Lipinski definition) is 6. The number of ether oxygens (including phenoxy) is 1. The lowest BCUT2D eigenvalue weighted by molar-refractivity contribution is 0.0937. The van der Waals surface area contributed by atoms with Gasteiger partial charge in [0.05, 0.1) is 24.1 Å². The quantitative estimate of drug-likeness (QED) is 0.393. The fourth-order valence-corrected chi connectivity index (χ4v) is 6.14. The number of nitrogens with zero attached hydrogens (tertiary/aromatic N) is 3. The molecule has 1 aliphatic heterocycles. The van der Waals surface area contributed by atoms with Crippen LogP contribution in [-0.2, 0) is 24.1 Å². The second kappa shape index (κ2) is 9.34. The minimum Gasteiger partial charge on any atom is -0.376 e. The second-order valence-corrected chi connectivity index (χ2v) is 9.91. The highest BCUT2D eigenvalue weighted by Crippen LogP contribution is 2.31. The Labute approximate surface area is 184 Å². The van der Waals surface area contributed by atoms with E-state index in [1.165, 1.54) is 11.8 Å². The third kappa shape index (κ3) is 4.31. The Kier molecular flexibility index (Phi) is 6.57. The first-order valence-corrected chi connectivity index (χ1v) is 12.0. The highest BCUT2D eigenvalue weighted by atomic mass is 32.2. The zero-order chi connectivity index (χ0) is 21.1. The van der Waals surface area contributed by atoms with Crippen LogP contribution < -0.4 is 5.56 Å². The highest BCUT2D eigenvalue weighted by Gasteiger charge is 2.24. The molecular weight excluding hydrogens is 414 g/mol. The molecule has 1 aliphatic rings. The van der Waals surface area contributed by atoms with E-state index in [1.54, 1.807) is 15.9 Å². The van der Waals surface area contributed by atoms with Crippen molar-refractivity contribution in [3.8, 4) is 6.07 Å². The van der Waals surface area contributed by atoms with Crippen LogP contribution in [-0.4, -0.2) is 27.5 Å². The lowest BCUT2D eigenvalue weighted by Gasteiger charge is -2.17. The van der Waals surface area contributed by atoms with Crippen LogP contribution in [0.2, 0.25) is 0 Å². The summed E-state index contributed by atoms with van der Waals surface area (Å²) >= 11 is 2.96. The van der Waals surface area contributed by atoms with Crippen LogP contribution in [0.25, 0.3) is 10.2 Å². The van der Waals surface area contributed by atoms with Crippen LogP contribution in [0, 0.1) is 18.3 Å². The highest BCUT2D eigenvalue weighted by molar-refractivity contribution is 8.00. The first kappa shape index (κ1) is 21.1. The molecule has 0 unspecified atom stereocenters. The van der Waals surface area contributed by atoms with Gasteiger partial charge in [-0.25, -0.2) is 4.98 Å². The summed E-state index contributed by atoms with van der Waals surface area (Å²) in [5.74, 6) is 0. The molecule has 0 radical (unpaired) electrons. The fourth-order valence-electron chi connectivity index (χ4n) is 3.97. The lowest BCUT2D eigenvalue weighted by Crippen LogP contribution is -2.29. The molecule has 5 nitrogen and oxygen atoms in total. The van der Waals surface area contributed by atoms with Crippen molar-refractivity contribution in [2.24, 2.45) is 0 Å². The van der Waals surface area contributed by atoms with Crippen molar-refractivity contribution >= 4 is 33.3 Å². The van der Waals surface area contributed by atoms with Gasteiger partial charge in [0, 0.05) is 11.5 Å². The van der Waals surface area contributed by atoms with Crippen LogP contribution in [0.15, 0.2) is 40.3 Å². The molecule has 1 fully saturated rings. The van der Waals surface area contributed by atoms with Crippen molar-refractivity contribution < 1.29 is 4.74 Å². The third-order valence-electron chi connectivity index (χ3n) is 5.50. The molecule has 0 bridgehead atoms. The van der Waals surface area contributed by atoms with Gasteiger partial charge in [-0.15, -0.1) is 11.3 Å². The average Bonchev–Trinajstić information content (AvgIpc) is 3.37. The number of aryl methyl sites for hydroxylation is 2. The molecule has 7 heteroatoms. The van der Waals surface area contributed by atoms with E-state index in [4.69, 9.17) is 9.72 Å². The number of thioether (sulfide) groups is 1. The molecule has 0 spiro atoms. The molecule has 2 aromatic heterocycles. The van der Waals surface area contributed by atoms with Gasteiger partial charge < -0.3 is 4.74 Å². The fraction of sp³-hybridized carbons (Fsp3) is 0.435. The predicted octanol–water partition coefficient (Wildman–Crippen LogP) is 4.73. The number of aromatic nitrogens is 2. The largest absolute Gasteiger partial charge is 0.376 e. The van der Waals surface area contributed by atoms with Crippen molar-refractivity contribution in [3.63, 3.8) is 0 Å². The van der Waals surface area contributed by atoms with Crippen molar-refractivity contribution in [1.29, 1.82) is 5.26 Å². The van der Waals surface area contributed by atoms with Crippen molar-refractivity contribution in [2.45, 2.75) is 62.6 Å². The third-order valence-corrected chi connectivity index (χ3v) is 7.62. The molecule has 1 aromatic carbocycles. The maximum absolute atomic E-state index is 13.5. The number of nitriles is 1. The van der Waals surface area contributed by atoms with Crippen LogP contribution in [0.1, 0.15) is 35.8 Å². The van der Waals surface area contributed by atoms with Crippen LogP contribution >= 0.6 is 23.1 Å². The van der Waals surface area contributed by atoms with Gasteiger partial charge in [-0.3, -0.25) is 9.36 Å². The molecule has 3 heterocycles. The Morgan fingerprint density at radius 2 is 2.20 bits per heavy atom. The van der Waals surface area contributed by atoms with E-state index in [0.717, 1.165) is 52.1 Å². The van der Waals surface area contributed by atoms with Gasteiger partial charge in [-0.1, -0.05) is 49.0 Å². The number of thiophene rings is 1. The van der Waals surface area contributed by atoms with Gasteiger partial charge in [0.1, 0.15) is 10.1 Å². The standard InChI is InChI=1S/C23H25N3O2S2/c1-3-19-15(2)29-21-20(19)22(27)26(14-17-10-7-11-28-17)23(25-21)30-18(13-24)12-16-8-5-4-6-9-16/h4-6,8-9,17-18H,3,7,10-12,14H2,1-2H3/t17-,18+/m1/s1. The summed E-state index contributed by atoms with van der Waals surface area (Å²) in [6.45, 7) is 5.36. The zero-order valence-corrected chi connectivity index (χ0v) is 18.9. The molecule has 0 saturated carbocycles. The number of fused-ring (bicyclic) bond motifs is 1. The minimum absolute atomic E-state index is 0.00407. The summed E-state index contributed by atoms with van der Waals surface area (Å²) in [7, 11) is 0. The molecule has 0 N–H and O–H groups in total. The maximum atomic E-state index is 13.5.